The number of nitrogen functional groups attached to an aromatic ring is 1. The van der Waals surface area contributed by atoms with E-state index in [0.717, 1.165) is 4.90 Å². The number of carboxylic acid groups (broad SMARTS) is 1. The zero-order chi connectivity index (χ0) is 13.1. The predicted molar refractivity (Wildman–Crippen MR) is 73.4 cm³/mol. The number of hydrogen-bond donors (Lipinski definition) is 2. The van der Waals surface area contributed by atoms with Crippen LogP contribution >= 0.6 is 23.4 Å². The number of halogens is 1. The molecule has 2 aromatic carbocycles. The van der Waals surface area contributed by atoms with Crippen molar-refractivity contribution in [3.05, 3.63) is 53.1 Å². The monoisotopic (exact) mass is 279 g/mol. The van der Waals surface area contributed by atoms with Gasteiger partial charge in [0.15, 0.2) is 0 Å². The fourth-order valence-electron chi connectivity index (χ4n) is 1.40. The average Bonchev–Trinajstić information content (AvgIpc) is 2.34. The van der Waals surface area contributed by atoms with Crippen LogP contribution in [0.3, 0.4) is 0 Å². The van der Waals surface area contributed by atoms with Crippen LogP contribution in [0.25, 0.3) is 0 Å². The van der Waals surface area contributed by atoms with Gasteiger partial charge in [-0.05, 0) is 30.3 Å². The van der Waals surface area contributed by atoms with E-state index >= 15 is 0 Å². The lowest BCUT2D eigenvalue weighted by Gasteiger charge is -2.07. The van der Waals surface area contributed by atoms with Crippen LogP contribution in [0.5, 0.6) is 0 Å². The number of anilines is 1. The smallest absolute Gasteiger partial charge is 0.335 e. The molecule has 0 aliphatic carbocycles. The van der Waals surface area contributed by atoms with E-state index in [1.165, 1.54) is 17.8 Å². The number of carboxylic acids is 1. The molecule has 0 amide bonds. The SMILES string of the molecule is Nc1ccc(C(=O)O)cc1Sc1ccccc1Cl. The molecule has 5 heteroatoms. The fourth-order valence-corrected chi connectivity index (χ4v) is 2.57. The van der Waals surface area contributed by atoms with Gasteiger partial charge in [0.2, 0.25) is 0 Å². The summed E-state index contributed by atoms with van der Waals surface area (Å²) in [5.41, 5.74) is 6.57. The van der Waals surface area contributed by atoms with Gasteiger partial charge in [0.25, 0.3) is 0 Å². The molecular formula is C13H10ClNO2S. The van der Waals surface area contributed by atoms with Crippen LogP contribution in [-0.2, 0) is 0 Å². The summed E-state index contributed by atoms with van der Waals surface area (Å²) in [6.07, 6.45) is 0. The molecule has 0 saturated heterocycles. The Morgan fingerprint density at radius 1 is 1.17 bits per heavy atom. The highest BCUT2D eigenvalue weighted by molar-refractivity contribution is 7.99. The van der Waals surface area contributed by atoms with Crippen molar-refractivity contribution >= 4 is 35.0 Å². The Bertz CT molecular complexity index is 601. The van der Waals surface area contributed by atoms with Crippen LogP contribution in [0.4, 0.5) is 5.69 Å². The Hall–Kier alpha value is -1.65. The van der Waals surface area contributed by atoms with Crippen molar-refractivity contribution in [3.63, 3.8) is 0 Å². The van der Waals surface area contributed by atoms with Crippen LogP contribution < -0.4 is 5.73 Å². The lowest BCUT2D eigenvalue weighted by Crippen LogP contribution is -1.98. The Kier molecular flexibility index (Phi) is 3.79. The van der Waals surface area contributed by atoms with E-state index in [1.807, 2.05) is 18.2 Å². The molecule has 18 heavy (non-hydrogen) atoms. The number of rotatable bonds is 3. The summed E-state index contributed by atoms with van der Waals surface area (Å²) in [6.45, 7) is 0. The second kappa shape index (κ2) is 5.33. The molecule has 0 unspecified atom stereocenters. The number of aromatic carboxylic acids is 1. The summed E-state index contributed by atoms with van der Waals surface area (Å²) in [4.78, 5) is 12.4. The van der Waals surface area contributed by atoms with Crippen molar-refractivity contribution in [2.45, 2.75) is 9.79 Å². The zero-order valence-corrected chi connectivity index (χ0v) is 10.8. The van der Waals surface area contributed by atoms with Gasteiger partial charge in [-0.15, -0.1) is 0 Å². The maximum absolute atomic E-state index is 10.9. The molecule has 0 atom stereocenters. The molecule has 3 N–H and O–H groups in total. The highest BCUT2D eigenvalue weighted by Gasteiger charge is 2.09. The Morgan fingerprint density at radius 2 is 1.89 bits per heavy atom. The van der Waals surface area contributed by atoms with E-state index in [4.69, 9.17) is 22.4 Å². The third kappa shape index (κ3) is 2.78. The molecule has 0 spiro atoms. The van der Waals surface area contributed by atoms with E-state index in [1.54, 1.807) is 18.2 Å². The van der Waals surface area contributed by atoms with Gasteiger partial charge in [0.1, 0.15) is 0 Å². The summed E-state index contributed by atoms with van der Waals surface area (Å²) in [5.74, 6) is -0.976. The third-order valence-corrected chi connectivity index (χ3v) is 3.91. The summed E-state index contributed by atoms with van der Waals surface area (Å²) < 4.78 is 0. The van der Waals surface area contributed by atoms with Crippen LogP contribution in [-0.4, -0.2) is 11.1 Å². The van der Waals surface area contributed by atoms with E-state index in [-0.39, 0.29) is 5.56 Å². The van der Waals surface area contributed by atoms with Gasteiger partial charge in [0.05, 0.1) is 10.6 Å². The van der Waals surface area contributed by atoms with Crippen molar-refractivity contribution < 1.29 is 9.90 Å². The fraction of sp³-hybridized carbons (Fsp3) is 0. The molecule has 0 saturated carbocycles. The summed E-state index contributed by atoms with van der Waals surface area (Å²) in [6, 6.07) is 12.0. The molecular weight excluding hydrogens is 270 g/mol. The van der Waals surface area contributed by atoms with Crippen molar-refractivity contribution in [3.8, 4) is 0 Å². The first kappa shape index (κ1) is 12.8. The summed E-state index contributed by atoms with van der Waals surface area (Å²) in [7, 11) is 0. The van der Waals surface area contributed by atoms with Crippen molar-refractivity contribution in [2.24, 2.45) is 0 Å². The number of hydrogen-bond acceptors (Lipinski definition) is 3. The van der Waals surface area contributed by atoms with Crippen LogP contribution in [0.1, 0.15) is 10.4 Å². The second-order valence-electron chi connectivity index (χ2n) is 3.59. The quantitative estimate of drug-likeness (QED) is 0.840. The maximum atomic E-state index is 10.9. The molecule has 0 aliphatic heterocycles. The lowest BCUT2D eigenvalue weighted by molar-refractivity contribution is 0.0696. The van der Waals surface area contributed by atoms with Gasteiger partial charge >= 0.3 is 5.97 Å². The molecule has 2 rings (SSSR count). The van der Waals surface area contributed by atoms with Crippen LogP contribution in [0.15, 0.2) is 52.3 Å². The minimum absolute atomic E-state index is 0.207. The normalized spacial score (nSPS) is 10.3. The maximum Gasteiger partial charge on any atom is 0.335 e. The third-order valence-electron chi connectivity index (χ3n) is 2.32. The molecule has 0 bridgehead atoms. The van der Waals surface area contributed by atoms with Gasteiger partial charge in [-0.2, -0.15) is 0 Å². The van der Waals surface area contributed by atoms with Gasteiger partial charge in [-0.3, -0.25) is 0 Å². The van der Waals surface area contributed by atoms with E-state index in [9.17, 15) is 4.79 Å². The van der Waals surface area contributed by atoms with E-state index in [2.05, 4.69) is 0 Å². The number of benzene rings is 2. The minimum Gasteiger partial charge on any atom is -0.478 e. The van der Waals surface area contributed by atoms with Crippen molar-refractivity contribution in [2.75, 3.05) is 5.73 Å². The number of nitrogens with two attached hydrogens (primary N) is 1. The lowest BCUT2D eigenvalue weighted by atomic mass is 10.2. The molecule has 0 aliphatic rings. The minimum atomic E-state index is -0.976. The highest BCUT2D eigenvalue weighted by atomic mass is 35.5. The Morgan fingerprint density at radius 3 is 2.56 bits per heavy atom. The molecule has 3 nitrogen and oxygen atoms in total. The molecule has 0 heterocycles. The zero-order valence-electron chi connectivity index (χ0n) is 9.26. The van der Waals surface area contributed by atoms with Gasteiger partial charge in [0, 0.05) is 15.5 Å². The first-order chi connectivity index (χ1) is 8.58. The van der Waals surface area contributed by atoms with Gasteiger partial charge in [-0.1, -0.05) is 35.5 Å². The largest absolute Gasteiger partial charge is 0.478 e. The molecule has 0 aromatic heterocycles. The molecule has 0 fully saturated rings. The van der Waals surface area contributed by atoms with E-state index in [0.29, 0.717) is 15.6 Å². The average molecular weight is 280 g/mol. The Balaban J connectivity index is 2.37. The topological polar surface area (TPSA) is 63.3 Å². The summed E-state index contributed by atoms with van der Waals surface area (Å²) in [5, 5.41) is 9.56. The van der Waals surface area contributed by atoms with Crippen LogP contribution in [0.2, 0.25) is 5.02 Å². The highest BCUT2D eigenvalue weighted by Crippen LogP contribution is 2.36. The van der Waals surface area contributed by atoms with Crippen LogP contribution in [0, 0.1) is 0 Å². The summed E-state index contributed by atoms with van der Waals surface area (Å²) >= 11 is 7.40. The first-order valence-corrected chi connectivity index (χ1v) is 6.32. The molecule has 2 aromatic rings. The molecule has 92 valence electrons. The number of carbonyl (C=O) groups is 1. The van der Waals surface area contributed by atoms with Gasteiger partial charge < -0.3 is 10.8 Å². The van der Waals surface area contributed by atoms with E-state index < -0.39 is 5.97 Å². The molecule has 0 radical (unpaired) electrons. The standard InChI is InChI=1S/C13H10ClNO2S/c14-9-3-1-2-4-11(9)18-12-7-8(13(16)17)5-6-10(12)15/h1-7H,15H2,(H,16,17). The predicted octanol–water partition coefficient (Wildman–Crippen LogP) is 3.77. The second-order valence-corrected chi connectivity index (χ2v) is 5.08. The van der Waals surface area contributed by atoms with Gasteiger partial charge in [-0.25, -0.2) is 4.79 Å². The Labute approximate surface area is 114 Å². The first-order valence-electron chi connectivity index (χ1n) is 5.13. The van der Waals surface area contributed by atoms with Crippen molar-refractivity contribution in [1.29, 1.82) is 0 Å². The van der Waals surface area contributed by atoms with Crippen molar-refractivity contribution in [1.82, 2.24) is 0 Å².